The van der Waals surface area contributed by atoms with Gasteiger partial charge in [-0.15, -0.1) is 0 Å². The highest BCUT2D eigenvalue weighted by Gasteiger charge is 2.74. The third-order valence-electron chi connectivity index (χ3n) is 24.1. The van der Waals surface area contributed by atoms with E-state index in [9.17, 15) is 80.5 Å². The van der Waals surface area contributed by atoms with Crippen LogP contribution in [0, 0.1) is 50.2 Å². The molecule has 12 N–H and O–H groups in total. The lowest BCUT2D eigenvalue weighted by atomic mass is 9.33. The van der Waals surface area contributed by atoms with Crippen LogP contribution in [0.3, 0.4) is 0 Å². The first-order valence-electron chi connectivity index (χ1n) is 33.4. The zero-order chi connectivity index (χ0) is 69.7. The van der Waals surface area contributed by atoms with Crippen molar-refractivity contribution in [2.24, 2.45) is 50.2 Å². The summed E-state index contributed by atoms with van der Waals surface area (Å²) >= 11 is 0. The predicted octanol–water partition coefficient (Wildman–Crippen LogP) is 1.41. The van der Waals surface area contributed by atoms with E-state index in [0.29, 0.717) is 32.1 Å². The van der Waals surface area contributed by atoms with Crippen LogP contribution in [0.1, 0.15) is 128 Å². The van der Waals surface area contributed by atoms with Crippen molar-refractivity contribution >= 4 is 23.9 Å². The summed E-state index contributed by atoms with van der Waals surface area (Å²) in [6.07, 6.45) is -33.0. The number of fused-ring (bicyclic) bond motifs is 7. The zero-order valence-electron chi connectivity index (χ0n) is 55.4. The number of carbonyl (C=O) groups is 4. The van der Waals surface area contributed by atoms with E-state index in [1.54, 1.807) is 55.5 Å². The molecule has 4 heterocycles. The smallest absolute Gasteiger partial charge is 0.338 e. The van der Waals surface area contributed by atoms with E-state index in [2.05, 4.69) is 26.8 Å². The Morgan fingerprint density at radius 2 is 1.21 bits per heavy atom. The van der Waals surface area contributed by atoms with Gasteiger partial charge >= 0.3 is 23.9 Å². The normalized spacial score (nSPS) is 46.5. The fourth-order valence-corrected chi connectivity index (χ4v) is 18.6. The van der Waals surface area contributed by atoms with Gasteiger partial charge in [-0.1, -0.05) is 96.5 Å². The Morgan fingerprint density at radius 3 is 1.82 bits per heavy atom. The van der Waals surface area contributed by atoms with E-state index in [0.717, 1.165) is 5.57 Å². The summed E-state index contributed by atoms with van der Waals surface area (Å²) in [5.41, 5.74) is -3.75. The molecular weight excluding hydrogens is 1260 g/mol. The number of allylic oxidation sites excluding steroid dienone is 2. The van der Waals surface area contributed by atoms with Gasteiger partial charge in [0.2, 0.25) is 0 Å². The zero-order valence-corrected chi connectivity index (χ0v) is 55.4. The first kappa shape index (κ1) is 72.5. The molecule has 5 aliphatic carbocycles. The van der Waals surface area contributed by atoms with Gasteiger partial charge in [-0.05, 0) is 121 Å². The number of carboxylic acid groups (broad SMARTS) is 1. The molecule has 96 heavy (non-hydrogen) atoms. The van der Waals surface area contributed by atoms with E-state index in [4.69, 9.17) is 52.1 Å². The van der Waals surface area contributed by atoms with Crippen molar-refractivity contribution in [1.29, 1.82) is 0 Å². The number of carbonyl (C=O) groups excluding carboxylic acids is 3. The van der Waals surface area contributed by atoms with E-state index >= 15 is 0 Å². The summed E-state index contributed by atoms with van der Waals surface area (Å²) in [5, 5.41) is 136. The number of rotatable bonds is 16. The topological polar surface area (TPSA) is 413 Å². The van der Waals surface area contributed by atoms with Gasteiger partial charge in [-0.25, -0.2) is 14.4 Å². The largest absolute Gasteiger partial charge is 0.479 e. The van der Waals surface area contributed by atoms with E-state index < -0.39 is 223 Å². The lowest BCUT2D eigenvalue weighted by molar-refractivity contribution is -0.392. The lowest BCUT2D eigenvalue weighted by Gasteiger charge is -2.72. The second-order valence-corrected chi connectivity index (χ2v) is 30.2. The maximum atomic E-state index is 13.8. The molecule has 27 heteroatoms. The van der Waals surface area contributed by atoms with Crippen LogP contribution in [0.25, 0.3) is 0 Å². The molecule has 534 valence electrons. The number of benzene rings is 2. The highest BCUT2D eigenvalue weighted by atomic mass is 16.8. The highest BCUT2D eigenvalue weighted by Crippen LogP contribution is 2.76. The Kier molecular flexibility index (Phi) is 20.7. The molecular formula is C69H96O27. The second kappa shape index (κ2) is 27.3. The van der Waals surface area contributed by atoms with Crippen molar-refractivity contribution in [1.82, 2.24) is 0 Å². The number of aliphatic hydroxyl groups excluding tert-OH is 11. The monoisotopic (exact) mass is 1360 g/mol. The van der Waals surface area contributed by atoms with Gasteiger partial charge in [0.1, 0.15) is 73.8 Å². The Bertz CT molecular complexity index is 3130. The maximum absolute atomic E-state index is 13.8. The van der Waals surface area contributed by atoms with Crippen LogP contribution < -0.4 is 0 Å². The lowest BCUT2D eigenvalue weighted by Crippen LogP contribution is -2.72. The van der Waals surface area contributed by atoms with Crippen molar-refractivity contribution in [3.8, 4) is 0 Å². The molecule has 11 rings (SSSR count). The molecule has 0 spiro atoms. The number of aliphatic carboxylic acids is 1. The molecule has 0 radical (unpaired) electrons. The van der Waals surface area contributed by atoms with Gasteiger partial charge in [0.25, 0.3) is 0 Å². The molecule has 4 aliphatic heterocycles. The van der Waals surface area contributed by atoms with Crippen molar-refractivity contribution in [3.05, 3.63) is 83.4 Å². The highest BCUT2D eigenvalue weighted by molar-refractivity contribution is 5.90. The predicted molar refractivity (Wildman–Crippen MR) is 329 cm³/mol. The number of aliphatic hydroxyl groups is 11. The number of esters is 3. The van der Waals surface area contributed by atoms with Crippen LogP contribution >= 0.6 is 0 Å². The van der Waals surface area contributed by atoms with Crippen LogP contribution in [0.15, 0.2) is 72.3 Å². The summed E-state index contributed by atoms with van der Waals surface area (Å²) in [6.45, 7) is 15.6. The van der Waals surface area contributed by atoms with Crippen LogP contribution in [-0.4, -0.2) is 246 Å². The first-order chi connectivity index (χ1) is 45.2. The maximum Gasteiger partial charge on any atom is 0.338 e. The fraction of sp³-hybridized carbons (Fsp3) is 0.739. The van der Waals surface area contributed by atoms with E-state index in [1.165, 1.54) is 19.1 Å². The number of hydrogen-bond donors (Lipinski definition) is 12. The minimum absolute atomic E-state index is 0.0523. The number of hydrogen-bond acceptors (Lipinski definition) is 26. The van der Waals surface area contributed by atoms with Gasteiger partial charge in [0.05, 0.1) is 60.3 Å². The number of carboxylic acids is 1. The average Bonchev–Trinajstić information content (AvgIpc) is 0.669. The quantitative estimate of drug-likeness (QED) is 0.0489. The Balaban J connectivity index is 0.872. The molecule has 0 bridgehead atoms. The summed E-state index contributed by atoms with van der Waals surface area (Å²) in [5.74, 6) is -4.68. The Hall–Kier alpha value is -4.70. The molecule has 27 nitrogen and oxygen atoms in total. The van der Waals surface area contributed by atoms with Crippen molar-refractivity contribution in [2.45, 2.75) is 248 Å². The summed E-state index contributed by atoms with van der Waals surface area (Å²) in [4.78, 5) is 53.3. The molecule has 8 fully saturated rings. The summed E-state index contributed by atoms with van der Waals surface area (Å²) in [6, 6.07) is 16.2. The first-order valence-corrected chi connectivity index (χ1v) is 33.4. The standard InChI is InChI=1S/C69H96O27/c1-31-50(91-58(84)33-16-12-10-13-17-33)52(92-59(85)34-18-14-11-15-19-34)49(80)62(88-31)96-56-55(81)69(30-87-32(2)71)36(26-64(56,3)4)35-20-21-40-66(7)24-23-42(65(5,6)39(66)22-25-67(40,8)68(35,9)27-41(69)73)90-63-54(95-61-47(78)45(76)44(75)38(28-70)89-61)51(48(79)53(94-63)57(82)83)93-60-46(77)43(74)37(72)29-86-60/h10-20,31,36-56,60-63,70,72-81H,21-30H2,1-9H3,(H,82,83)/t31-,36-,37+,38+,39-,40+,41+,42-,43-,44-,45-,46+,47+,48-,49+,50-,51-,52-,53-,54+,55-,56-,60-,61-,62-,63+,66-,67+,68+,69-/m0/s1. The minimum Gasteiger partial charge on any atom is -0.479 e. The third-order valence-corrected chi connectivity index (χ3v) is 24.1. The minimum atomic E-state index is -2.14. The molecule has 30 atom stereocenters. The second-order valence-electron chi connectivity index (χ2n) is 30.2. The van der Waals surface area contributed by atoms with E-state index in [-0.39, 0.29) is 35.8 Å². The van der Waals surface area contributed by atoms with Crippen LogP contribution in [0.2, 0.25) is 0 Å². The van der Waals surface area contributed by atoms with Crippen LogP contribution in [0.4, 0.5) is 0 Å². The van der Waals surface area contributed by atoms with Crippen molar-refractivity contribution in [3.63, 3.8) is 0 Å². The number of ether oxygens (including phenoxy) is 11. The van der Waals surface area contributed by atoms with Gasteiger partial charge < -0.3 is 113 Å². The van der Waals surface area contributed by atoms with Gasteiger partial charge in [0.15, 0.2) is 43.5 Å². The average molecular weight is 1360 g/mol. The molecule has 0 amide bonds. The molecule has 9 aliphatic rings. The van der Waals surface area contributed by atoms with Gasteiger partial charge in [-0.2, -0.15) is 0 Å². The molecule has 4 saturated heterocycles. The van der Waals surface area contributed by atoms with Crippen LogP contribution in [0.5, 0.6) is 0 Å². The van der Waals surface area contributed by atoms with Crippen molar-refractivity contribution in [2.75, 3.05) is 19.8 Å². The van der Waals surface area contributed by atoms with Gasteiger partial charge in [0, 0.05) is 6.92 Å². The molecule has 0 unspecified atom stereocenters. The molecule has 2 aromatic carbocycles. The molecule has 2 aromatic rings. The molecule has 0 aromatic heterocycles. The summed E-state index contributed by atoms with van der Waals surface area (Å²) < 4.78 is 67.6. The van der Waals surface area contributed by atoms with Crippen LogP contribution in [-0.2, 0) is 61.7 Å². The fourth-order valence-electron chi connectivity index (χ4n) is 18.6. The molecule has 4 saturated carbocycles. The van der Waals surface area contributed by atoms with Crippen molar-refractivity contribution < 1.29 is 133 Å². The SMILES string of the molecule is CC(=O)OC[C@@]12[C@H](O)C[C@]3(C)C(=CC[C@@H]4[C@@]5(C)CC[C@H](O[C@@H]6O[C@H](C(=O)O)[C@@H](O)[C@H](O[C@@H]7OC[C@@H](O)[C@H](O)[C@H]7O)[C@H]6O[C@@H]6O[C@H](CO)[C@H](O)[C@H](O)[C@H]6O)C(C)(C)[C@@H]5CC[C@]43C)[C@@H]1CC(C)(C)[C@@H](O[C@@H]1O[C@@H](C)[C@H](OC(=O)c3ccccc3)[C@@H](OC(=O)c3ccccc3)[C@H]1O)[C@@H]2O. The summed E-state index contributed by atoms with van der Waals surface area (Å²) in [7, 11) is 0. The van der Waals surface area contributed by atoms with E-state index in [1.807, 2.05) is 27.7 Å². The Morgan fingerprint density at radius 1 is 0.604 bits per heavy atom. The third kappa shape index (κ3) is 12.5. The Labute approximate surface area is 556 Å². The van der Waals surface area contributed by atoms with Gasteiger partial charge in [-0.3, -0.25) is 4.79 Å².